The highest BCUT2D eigenvalue weighted by Crippen LogP contribution is 2.22. The van der Waals surface area contributed by atoms with Gasteiger partial charge in [0.15, 0.2) is 5.78 Å². The Morgan fingerprint density at radius 2 is 2.44 bits per heavy atom. The number of nitrogens with zero attached hydrogens (tertiary/aromatic N) is 1. The Morgan fingerprint density at radius 3 is 3.06 bits per heavy atom. The molecule has 16 heavy (non-hydrogen) atoms. The minimum atomic E-state index is 0.199. The maximum atomic E-state index is 11.9. The van der Waals surface area contributed by atoms with Crippen LogP contribution in [0.15, 0.2) is 15.9 Å². The van der Waals surface area contributed by atoms with Crippen LogP contribution in [0.4, 0.5) is 0 Å². The third-order valence-corrected chi connectivity index (χ3v) is 4.42. The lowest BCUT2D eigenvalue weighted by atomic mass is 10.1. The number of nitrogens with two attached hydrogens (primary N) is 1. The first-order valence-electron chi connectivity index (χ1n) is 5.41. The number of carbonyl (C=O) groups excluding carboxylic acids is 1. The fourth-order valence-corrected chi connectivity index (χ4v) is 3.30. The number of rotatable bonds is 3. The van der Waals surface area contributed by atoms with Crippen LogP contribution in [-0.4, -0.2) is 36.4 Å². The van der Waals surface area contributed by atoms with E-state index in [0.29, 0.717) is 6.54 Å². The Kier molecular flexibility index (Phi) is 4.13. The zero-order chi connectivity index (χ0) is 11.5. The van der Waals surface area contributed by atoms with Crippen molar-refractivity contribution in [3.8, 4) is 0 Å². The smallest absolute Gasteiger partial charge is 0.186 e. The summed E-state index contributed by atoms with van der Waals surface area (Å²) in [6.45, 7) is 2.34. The van der Waals surface area contributed by atoms with Gasteiger partial charge in [0.05, 0.1) is 15.2 Å². The molecule has 1 aromatic rings. The van der Waals surface area contributed by atoms with Crippen molar-refractivity contribution in [2.24, 2.45) is 5.73 Å². The van der Waals surface area contributed by atoms with Crippen molar-refractivity contribution in [1.29, 1.82) is 0 Å². The van der Waals surface area contributed by atoms with E-state index >= 15 is 0 Å². The van der Waals surface area contributed by atoms with E-state index < -0.39 is 0 Å². The van der Waals surface area contributed by atoms with E-state index in [-0.39, 0.29) is 11.8 Å². The lowest BCUT2D eigenvalue weighted by Crippen LogP contribution is -2.44. The summed E-state index contributed by atoms with van der Waals surface area (Å²) < 4.78 is 1.01. The van der Waals surface area contributed by atoms with Crippen LogP contribution in [0.1, 0.15) is 22.5 Å². The molecular weight excluding hydrogens is 288 g/mol. The normalized spacial score (nSPS) is 22.2. The molecular formula is C11H15BrN2OS. The van der Waals surface area contributed by atoms with Gasteiger partial charge in [0.25, 0.3) is 0 Å². The average Bonchev–Trinajstić information content (AvgIpc) is 2.65. The molecule has 0 saturated carbocycles. The van der Waals surface area contributed by atoms with E-state index in [0.717, 1.165) is 34.6 Å². The molecule has 2 rings (SSSR count). The quantitative estimate of drug-likeness (QED) is 0.870. The third kappa shape index (κ3) is 3.13. The highest BCUT2D eigenvalue weighted by Gasteiger charge is 2.20. The number of thiophene rings is 1. The molecule has 5 heteroatoms. The van der Waals surface area contributed by atoms with Crippen LogP contribution in [0.3, 0.4) is 0 Å². The molecule has 1 aromatic heterocycles. The molecule has 0 spiro atoms. The number of hydrogen-bond acceptors (Lipinski definition) is 4. The topological polar surface area (TPSA) is 46.3 Å². The molecule has 0 aliphatic carbocycles. The van der Waals surface area contributed by atoms with Gasteiger partial charge in [-0.1, -0.05) is 0 Å². The molecule has 1 aliphatic rings. The number of ketones is 1. The van der Waals surface area contributed by atoms with E-state index in [1.807, 2.05) is 12.1 Å². The van der Waals surface area contributed by atoms with Crippen molar-refractivity contribution in [3.63, 3.8) is 0 Å². The largest absolute Gasteiger partial charge is 0.327 e. The van der Waals surface area contributed by atoms with Gasteiger partial charge in [-0.15, -0.1) is 11.3 Å². The van der Waals surface area contributed by atoms with Crippen molar-refractivity contribution in [2.45, 2.75) is 18.9 Å². The third-order valence-electron chi connectivity index (χ3n) is 2.76. The predicted octanol–water partition coefficient (Wildman–Crippen LogP) is 2.12. The number of piperidine rings is 1. The van der Waals surface area contributed by atoms with Crippen molar-refractivity contribution < 1.29 is 4.79 Å². The summed E-state index contributed by atoms with van der Waals surface area (Å²) in [6, 6.07) is 4.03. The second-order valence-corrected chi connectivity index (χ2v) is 6.63. The molecule has 0 radical (unpaired) electrons. The van der Waals surface area contributed by atoms with Crippen LogP contribution < -0.4 is 5.73 Å². The molecule has 0 amide bonds. The molecule has 1 fully saturated rings. The highest BCUT2D eigenvalue weighted by atomic mass is 79.9. The zero-order valence-electron chi connectivity index (χ0n) is 8.99. The molecule has 88 valence electrons. The second kappa shape index (κ2) is 5.40. The number of carbonyl (C=O) groups is 1. The average molecular weight is 303 g/mol. The Morgan fingerprint density at radius 1 is 1.62 bits per heavy atom. The van der Waals surface area contributed by atoms with Crippen molar-refractivity contribution in [3.05, 3.63) is 20.8 Å². The van der Waals surface area contributed by atoms with Crippen molar-refractivity contribution in [2.75, 3.05) is 19.6 Å². The summed E-state index contributed by atoms with van der Waals surface area (Å²) in [4.78, 5) is 14.9. The van der Waals surface area contributed by atoms with Crippen LogP contribution >= 0.6 is 27.3 Å². The maximum Gasteiger partial charge on any atom is 0.186 e. The van der Waals surface area contributed by atoms with E-state index in [1.54, 1.807) is 0 Å². The van der Waals surface area contributed by atoms with E-state index in [1.165, 1.54) is 11.3 Å². The van der Waals surface area contributed by atoms with Crippen LogP contribution in [0.5, 0.6) is 0 Å². The summed E-state index contributed by atoms with van der Waals surface area (Å²) in [5.41, 5.74) is 5.89. The van der Waals surface area contributed by atoms with Gasteiger partial charge in [0.2, 0.25) is 0 Å². The minimum Gasteiger partial charge on any atom is -0.327 e. The first-order chi connectivity index (χ1) is 7.65. The Hall–Kier alpha value is -0.230. The fourth-order valence-electron chi connectivity index (χ4n) is 1.98. The van der Waals surface area contributed by atoms with E-state index in [2.05, 4.69) is 20.8 Å². The van der Waals surface area contributed by atoms with Gasteiger partial charge in [-0.3, -0.25) is 9.69 Å². The van der Waals surface area contributed by atoms with Crippen LogP contribution in [0, 0.1) is 0 Å². The highest BCUT2D eigenvalue weighted by molar-refractivity contribution is 9.11. The number of hydrogen-bond donors (Lipinski definition) is 1. The van der Waals surface area contributed by atoms with Crippen molar-refractivity contribution in [1.82, 2.24) is 4.90 Å². The van der Waals surface area contributed by atoms with Gasteiger partial charge >= 0.3 is 0 Å². The van der Waals surface area contributed by atoms with E-state index in [4.69, 9.17) is 5.73 Å². The molecule has 1 unspecified atom stereocenters. The lowest BCUT2D eigenvalue weighted by molar-refractivity contribution is 0.0912. The maximum absolute atomic E-state index is 11.9. The van der Waals surface area contributed by atoms with Crippen LogP contribution in [0.25, 0.3) is 0 Å². The number of Topliss-reactive ketones (excluding diaryl/α,β-unsaturated/α-hetero) is 1. The molecule has 1 saturated heterocycles. The van der Waals surface area contributed by atoms with Gasteiger partial charge in [-0.25, -0.2) is 0 Å². The standard InChI is InChI=1S/C11H15BrN2OS/c12-11-4-3-10(16-11)9(15)7-14-5-1-2-8(13)6-14/h3-4,8H,1-2,5-7,13H2. The minimum absolute atomic E-state index is 0.199. The first kappa shape index (κ1) is 12.2. The molecule has 0 aromatic carbocycles. The van der Waals surface area contributed by atoms with Gasteiger partial charge in [-0.2, -0.15) is 0 Å². The number of halogens is 1. The molecule has 1 aliphatic heterocycles. The van der Waals surface area contributed by atoms with Crippen molar-refractivity contribution >= 4 is 33.0 Å². The second-order valence-electron chi connectivity index (χ2n) is 4.16. The summed E-state index contributed by atoms with van der Waals surface area (Å²) in [5.74, 6) is 0.199. The summed E-state index contributed by atoms with van der Waals surface area (Å²) in [6.07, 6.45) is 2.18. The van der Waals surface area contributed by atoms with Gasteiger partial charge < -0.3 is 5.73 Å². The Labute approximate surface area is 108 Å². The van der Waals surface area contributed by atoms with E-state index in [9.17, 15) is 4.79 Å². The molecule has 2 heterocycles. The summed E-state index contributed by atoms with van der Waals surface area (Å²) >= 11 is 4.86. The summed E-state index contributed by atoms with van der Waals surface area (Å²) in [5, 5.41) is 0. The van der Waals surface area contributed by atoms with Crippen LogP contribution in [-0.2, 0) is 0 Å². The molecule has 1 atom stereocenters. The first-order valence-corrected chi connectivity index (χ1v) is 7.02. The molecule has 2 N–H and O–H groups in total. The predicted molar refractivity (Wildman–Crippen MR) is 70.0 cm³/mol. The Bertz CT molecular complexity index is 380. The van der Waals surface area contributed by atoms with Gasteiger partial charge in [0.1, 0.15) is 0 Å². The monoisotopic (exact) mass is 302 g/mol. The number of likely N-dealkylation sites (tertiary alicyclic amines) is 1. The molecule has 3 nitrogen and oxygen atoms in total. The summed E-state index contributed by atoms with van der Waals surface area (Å²) in [7, 11) is 0. The zero-order valence-corrected chi connectivity index (χ0v) is 11.4. The SMILES string of the molecule is NC1CCCN(CC(=O)c2ccc(Br)s2)C1. The Balaban J connectivity index is 1.92. The van der Waals surface area contributed by atoms with Gasteiger partial charge in [0, 0.05) is 12.6 Å². The molecule has 0 bridgehead atoms. The fraction of sp³-hybridized carbons (Fsp3) is 0.545. The lowest BCUT2D eigenvalue weighted by Gasteiger charge is -2.29. The van der Waals surface area contributed by atoms with Gasteiger partial charge in [-0.05, 0) is 47.4 Å². The van der Waals surface area contributed by atoms with Crippen LogP contribution in [0.2, 0.25) is 0 Å².